The number of guanidine groups is 1. The van der Waals surface area contributed by atoms with Crippen LogP contribution in [0.4, 0.5) is 13.2 Å². The van der Waals surface area contributed by atoms with Crippen molar-refractivity contribution in [3.63, 3.8) is 0 Å². The van der Waals surface area contributed by atoms with E-state index in [-0.39, 0.29) is 30.0 Å². The van der Waals surface area contributed by atoms with Gasteiger partial charge < -0.3 is 15.4 Å². The number of para-hydroxylation sites is 1. The Labute approximate surface area is 169 Å². The van der Waals surface area contributed by atoms with E-state index in [0.717, 1.165) is 17.7 Å². The van der Waals surface area contributed by atoms with Crippen molar-refractivity contribution in [3.05, 3.63) is 29.8 Å². The first-order chi connectivity index (χ1) is 11.9. The average molecular weight is 486 g/mol. The summed E-state index contributed by atoms with van der Waals surface area (Å²) in [6, 6.07) is 7.76. The normalized spacial score (nSPS) is 18.3. The monoisotopic (exact) mass is 486 g/mol. The number of methoxy groups -OCH3 is 1. The van der Waals surface area contributed by atoms with Gasteiger partial charge in [-0.3, -0.25) is 9.89 Å². The summed E-state index contributed by atoms with van der Waals surface area (Å²) in [5.74, 6) is 1.44. The number of aliphatic imine (C=N–C) groups is 1. The van der Waals surface area contributed by atoms with Gasteiger partial charge in [-0.1, -0.05) is 18.2 Å². The number of hydrogen-bond donors (Lipinski definition) is 2. The predicted molar refractivity (Wildman–Crippen MR) is 108 cm³/mol. The highest BCUT2D eigenvalue weighted by Crippen LogP contribution is 2.20. The number of hydrogen-bond acceptors (Lipinski definition) is 3. The van der Waals surface area contributed by atoms with Crippen molar-refractivity contribution in [2.24, 2.45) is 4.99 Å². The highest BCUT2D eigenvalue weighted by atomic mass is 127. The molecule has 1 fully saturated rings. The summed E-state index contributed by atoms with van der Waals surface area (Å²) in [6.45, 7) is 0.603. The van der Waals surface area contributed by atoms with Crippen LogP contribution in [-0.2, 0) is 6.42 Å². The molecule has 2 rings (SSSR count). The van der Waals surface area contributed by atoms with Crippen LogP contribution >= 0.6 is 24.0 Å². The summed E-state index contributed by atoms with van der Waals surface area (Å²) in [6.07, 6.45) is -2.72. The predicted octanol–water partition coefficient (Wildman–Crippen LogP) is 2.66. The zero-order chi connectivity index (χ0) is 18.3. The van der Waals surface area contributed by atoms with Gasteiger partial charge in [0.2, 0.25) is 0 Å². The van der Waals surface area contributed by atoms with Gasteiger partial charge in [0.15, 0.2) is 5.96 Å². The molecular weight excluding hydrogens is 460 g/mol. The topological polar surface area (TPSA) is 48.9 Å². The van der Waals surface area contributed by atoms with E-state index in [1.165, 1.54) is 4.90 Å². The van der Waals surface area contributed by atoms with E-state index >= 15 is 0 Å². The molecule has 2 N–H and O–H groups in total. The molecule has 0 radical (unpaired) electrons. The Hall–Kier alpha value is -1.23. The molecule has 5 nitrogen and oxygen atoms in total. The van der Waals surface area contributed by atoms with Gasteiger partial charge >= 0.3 is 6.18 Å². The lowest BCUT2D eigenvalue weighted by Gasteiger charge is -2.20. The van der Waals surface area contributed by atoms with E-state index < -0.39 is 12.7 Å². The average Bonchev–Trinajstić information content (AvgIpc) is 2.99. The van der Waals surface area contributed by atoms with Gasteiger partial charge in [-0.15, -0.1) is 24.0 Å². The van der Waals surface area contributed by atoms with E-state index in [2.05, 4.69) is 15.6 Å². The van der Waals surface area contributed by atoms with Crippen LogP contribution in [0, 0.1) is 0 Å². The maximum Gasteiger partial charge on any atom is 0.401 e. The largest absolute Gasteiger partial charge is 0.496 e. The van der Waals surface area contributed by atoms with Crippen molar-refractivity contribution >= 4 is 29.9 Å². The number of benzene rings is 1. The molecule has 1 aromatic rings. The Kier molecular flexibility index (Phi) is 9.48. The van der Waals surface area contributed by atoms with Crippen molar-refractivity contribution in [2.45, 2.75) is 25.1 Å². The molecule has 0 aromatic heterocycles. The molecule has 1 unspecified atom stereocenters. The van der Waals surface area contributed by atoms with Crippen LogP contribution in [-0.4, -0.2) is 63.4 Å². The lowest BCUT2D eigenvalue weighted by molar-refractivity contribution is -0.143. The molecule has 1 heterocycles. The minimum absolute atomic E-state index is 0. The van der Waals surface area contributed by atoms with Crippen LogP contribution in [0.1, 0.15) is 12.0 Å². The number of halogens is 4. The number of likely N-dealkylation sites (tertiary alicyclic amines) is 1. The quantitative estimate of drug-likeness (QED) is 0.369. The summed E-state index contributed by atoms with van der Waals surface area (Å²) in [5, 5.41) is 6.40. The highest BCUT2D eigenvalue weighted by molar-refractivity contribution is 14.0. The standard InChI is InChI=1S/C17H25F3N4O.HI/c1-21-16(22-9-7-13-5-3-4-6-15(13)25-2)23-14-8-10-24(11-14)12-17(18,19)20;/h3-6,14H,7-12H2,1-2H3,(H2,21,22,23);1H. The van der Waals surface area contributed by atoms with Gasteiger partial charge in [0.1, 0.15) is 5.75 Å². The molecule has 0 saturated carbocycles. The Bertz CT molecular complexity index is 583. The highest BCUT2D eigenvalue weighted by Gasteiger charge is 2.34. The zero-order valence-electron chi connectivity index (χ0n) is 15.0. The third kappa shape index (κ3) is 7.56. The Morgan fingerprint density at radius 2 is 2.08 bits per heavy atom. The van der Waals surface area contributed by atoms with Gasteiger partial charge in [0.05, 0.1) is 13.7 Å². The van der Waals surface area contributed by atoms with E-state index in [0.29, 0.717) is 32.0 Å². The van der Waals surface area contributed by atoms with E-state index in [9.17, 15) is 13.2 Å². The fraction of sp³-hybridized carbons (Fsp3) is 0.588. The van der Waals surface area contributed by atoms with Crippen molar-refractivity contribution in [1.29, 1.82) is 0 Å². The molecule has 1 atom stereocenters. The summed E-state index contributed by atoms with van der Waals surface area (Å²) >= 11 is 0. The number of nitrogens with zero attached hydrogens (tertiary/aromatic N) is 2. The molecule has 0 bridgehead atoms. The minimum atomic E-state index is -4.15. The van der Waals surface area contributed by atoms with Crippen LogP contribution in [0.2, 0.25) is 0 Å². The van der Waals surface area contributed by atoms with E-state index in [1.54, 1.807) is 14.2 Å². The molecule has 9 heteroatoms. The van der Waals surface area contributed by atoms with Crippen molar-refractivity contribution in [2.75, 3.05) is 40.3 Å². The first-order valence-corrected chi connectivity index (χ1v) is 8.29. The Balaban J connectivity index is 0.00000338. The molecule has 1 aromatic carbocycles. The van der Waals surface area contributed by atoms with Crippen molar-refractivity contribution in [1.82, 2.24) is 15.5 Å². The van der Waals surface area contributed by atoms with Crippen LogP contribution in [0.25, 0.3) is 0 Å². The molecule has 1 saturated heterocycles. The van der Waals surface area contributed by atoms with Crippen molar-refractivity contribution in [3.8, 4) is 5.75 Å². The van der Waals surface area contributed by atoms with Gasteiger partial charge in [0, 0.05) is 32.7 Å². The summed E-state index contributed by atoms with van der Waals surface area (Å²) in [5.41, 5.74) is 1.09. The molecule has 0 spiro atoms. The minimum Gasteiger partial charge on any atom is -0.496 e. The molecule has 0 aliphatic carbocycles. The van der Waals surface area contributed by atoms with Crippen LogP contribution in [0.3, 0.4) is 0 Å². The summed E-state index contributed by atoms with van der Waals surface area (Å²) in [4.78, 5) is 5.56. The second-order valence-electron chi connectivity index (χ2n) is 6.04. The molecule has 1 aliphatic heterocycles. The summed E-state index contributed by atoms with van der Waals surface area (Å²) < 4.78 is 42.7. The van der Waals surface area contributed by atoms with Crippen molar-refractivity contribution < 1.29 is 17.9 Å². The zero-order valence-corrected chi connectivity index (χ0v) is 17.3. The summed E-state index contributed by atoms with van der Waals surface area (Å²) in [7, 11) is 3.29. The van der Waals surface area contributed by atoms with Crippen LogP contribution in [0.5, 0.6) is 5.75 Å². The second kappa shape index (κ2) is 10.8. The third-order valence-corrected chi connectivity index (χ3v) is 4.12. The molecule has 148 valence electrons. The van der Waals surface area contributed by atoms with Gasteiger partial charge in [-0.05, 0) is 24.5 Å². The van der Waals surface area contributed by atoms with E-state index in [4.69, 9.17) is 4.74 Å². The molecule has 26 heavy (non-hydrogen) atoms. The lowest BCUT2D eigenvalue weighted by atomic mass is 10.1. The number of rotatable bonds is 6. The fourth-order valence-corrected chi connectivity index (χ4v) is 2.96. The molecule has 0 amide bonds. The van der Waals surface area contributed by atoms with E-state index in [1.807, 2.05) is 24.3 Å². The number of alkyl halides is 3. The van der Waals surface area contributed by atoms with Gasteiger partial charge in [0.25, 0.3) is 0 Å². The van der Waals surface area contributed by atoms with Gasteiger partial charge in [-0.25, -0.2) is 0 Å². The lowest BCUT2D eigenvalue weighted by Crippen LogP contribution is -2.45. The Morgan fingerprint density at radius 3 is 2.73 bits per heavy atom. The number of ether oxygens (including phenoxy) is 1. The molecular formula is C17H26F3IN4O. The van der Waals surface area contributed by atoms with Gasteiger partial charge in [-0.2, -0.15) is 13.2 Å². The SMILES string of the molecule is CN=C(NCCc1ccccc1OC)NC1CCN(CC(F)(F)F)C1.I. The smallest absolute Gasteiger partial charge is 0.401 e. The van der Waals surface area contributed by atoms with Crippen LogP contribution < -0.4 is 15.4 Å². The van der Waals surface area contributed by atoms with Crippen LogP contribution in [0.15, 0.2) is 29.3 Å². The third-order valence-electron chi connectivity index (χ3n) is 4.12. The molecule has 1 aliphatic rings. The fourth-order valence-electron chi connectivity index (χ4n) is 2.96. The first kappa shape index (κ1) is 22.8. The number of nitrogens with one attached hydrogen (secondary N) is 2. The maximum atomic E-state index is 12.4. The Morgan fingerprint density at radius 1 is 1.35 bits per heavy atom. The maximum absolute atomic E-state index is 12.4. The first-order valence-electron chi connectivity index (χ1n) is 8.29. The second-order valence-corrected chi connectivity index (χ2v) is 6.04.